The lowest BCUT2D eigenvalue weighted by atomic mass is 10.1. The summed E-state index contributed by atoms with van der Waals surface area (Å²) in [6, 6.07) is 7.02. The number of aryl methyl sites for hydroxylation is 2. The van der Waals surface area contributed by atoms with Gasteiger partial charge in [0.25, 0.3) is 5.95 Å². The van der Waals surface area contributed by atoms with Gasteiger partial charge in [0.05, 0.1) is 13.1 Å². The summed E-state index contributed by atoms with van der Waals surface area (Å²) in [7, 11) is 1.62. The second kappa shape index (κ2) is 7.83. The maximum absolute atomic E-state index is 12.9. The summed E-state index contributed by atoms with van der Waals surface area (Å²) in [6.45, 7) is 5.72. The molecule has 2 aromatic rings. The first-order chi connectivity index (χ1) is 13.2. The average Bonchev–Trinajstić information content (AvgIpc) is 2.91. The molecule has 1 aromatic heterocycles. The van der Waals surface area contributed by atoms with Gasteiger partial charge >= 0.3 is 12.1 Å². The Morgan fingerprint density at radius 3 is 2.68 bits per heavy atom. The number of fused-ring (bicyclic) bond motifs is 1. The number of tetrazole rings is 1. The highest BCUT2D eigenvalue weighted by molar-refractivity contribution is 6.01. The number of para-hydroxylation sites is 1. The van der Waals surface area contributed by atoms with Gasteiger partial charge in [0.1, 0.15) is 5.60 Å². The molecule has 2 heterocycles. The van der Waals surface area contributed by atoms with Crippen molar-refractivity contribution in [2.75, 3.05) is 16.8 Å². The number of hydrogen-bond donors (Lipinski definition) is 2. The number of hydrogen-bond acceptors (Lipinski definition) is 6. The summed E-state index contributed by atoms with van der Waals surface area (Å²) in [6.07, 6.45) is 0.909. The molecule has 2 N–H and O–H groups in total. The Kier molecular flexibility index (Phi) is 5.48. The van der Waals surface area contributed by atoms with E-state index >= 15 is 0 Å². The van der Waals surface area contributed by atoms with Crippen molar-refractivity contribution in [2.45, 2.75) is 45.3 Å². The van der Waals surface area contributed by atoms with Gasteiger partial charge in [-0.2, -0.15) is 4.80 Å². The molecule has 10 heteroatoms. The van der Waals surface area contributed by atoms with Crippen LogP contribution in [0, 0.1) is 0 Å². The summed E-state index contributed by atoms with van der Waals surface area (Å²) < 4.78 is 5.35. The van der Waals surface area contributed by atoms with Gasteiger partial charge in [0.2, 0.25) is 0 Å². The van der Waals surface area contributed by atoms with Crippen molar-refractivity contribution in [3.05, 3.63) is 29.8 Å². The zero-order valence-electron chi connectivity index (χ0n) is 16.5. The number of nitrogens with one attached hydrogen (secondary N) is 2. The predicted octanol–water partition coefficient (Wildman–Crippen LogP) is 2.09. The van der Waals surface area contributed by atoms with Crippen LogP contribution in [0.4, 0.5) is 21.2 Å². The lowest BCUT2D eigenvalue weighted by Gasteiger charge is -2.27. The molecule has 0 aliphatic carbocycles. The molecule has 1 aliphatic heterocycles. The van der Waals surface area contributed by atoms with Crippen LogP contribution in [-0.4, -0.2) is 50.5 Å². The minimum absolute atomic E-state index is 0.117. The minimum atomic E-state index is -0.591. The lowest BCUT2D eigenvalue weighted by Crippen LogP contribution is -2.47. The van der Waals surface area contributed by atoms with Crippen LogP contribution in [-0.2, 0) is 18.2 Å². The smallest absolute Gasteiger partial charge is 0.407 e. The number of alkyl carbamates (subject to hydrolysis) is 1. The van der Waals surface area contributed by atoms with Crippen molar-refractivity contribution >= 4 is 23.8 Å². The standard InChI is InChI=1S/C18H25N7O3/c1-18(2,3)28-17(27)19-13-10-9-12-7-5-6-8-14(12)25(11-13)16(26)20-15-21-23-24(4)22-15/h5-8,13H,9-11H2,1-4H3,(H,19,27)(H,20,22,26). The monoisotopic (exact) mass is 387 g/mol. The Bertz CT molecular complexity index is 859. The van der Waals surface area contributed by atoms with E-state index in [0.29, 0.717) is 13.0 Å². The molecule has 3 amide bonds. The Balaban J connectivity index is 1.78. The molecule has 3 rings (SSSR count). The molecule has 1 unspecified atom stereocenters. The van der Waals surface area contributed by atoms with E-state index in [1.165, 1.54) is 4.80 Å². The van der Waals surface area contributed by atoms with Crippen LogP contribution in [0.2, 0.25) is 0 Å². The molecule has 1 aliphatic rings. The first-order valence-corrected chi connectivity index (χ1v) is 9.11. The normalized spacial score (nSPS) is 16.7. The van der Waals surface area contributed by atoms with Crippen LogP contribution in [0.5, 0.6) is 0 Å². The number of carbonyl (C=O) groups excluding carboxylic acids is 2. The van der Waals surface area contributed by atoms with Crippen molar-refractivity contribution in [3.8, 4) is 0 Å². The van der Waals surface area contributed by atoms with Crippen molar-refractivity contribution in [1.82, 2.24) is 25.5 Å². The van der Waals surface area contributed by atoms with Gasteiger partial charge in [-0.1, -0.05) is 23.3 Å². The van der Waals surface area contributed by atoms with Gasteiger partial charge in [-0.05, 0) is 50.5 Å². The Morgan fingerprint density at radius 2 is 2.00 bits per heavy atom. The number of ether oxygens (including phenoxy) is 1. The molecule has 0 saturated heterocycles. The number of carbonyl (C=O) groups is 2. The molecule has 1 atom stereocenters. The third-order valence-corrected chi connectivity index (χ3v) is 4.14. The first-order valence-electron chi connectivity index (χ1n) is 9.11. The number of urea groups is 1. The Morgan fingerprint density at radius 1 is 1.25 bits per heavy atom. The lowest BCUT2D eigenvalue weighted by molar-refractivity contribution is 0.0504. The Hall–Kier alpha value is -3.17. The summed E-state index contributed by atoms with van der Waals surface area (Å²) in [5, 5.41) is 17.0. The van der Waals surface area contributed by atoms with E-state index in [9.17, 15) is 9.59 Å². The predicted molar refractivity (Wildman–Crippen MR) is 103 cm³/mol. The Labute approximate surface area is 163 Å². The van der Waals surface area contributed by atoms with Crippen molar-refractivity contribution < 1.29 is 14.3 Å². The highest BCUT2D eigenvalue weighted by atomic mass is 16.6. The van der Waals surface area contributed by atoms with E-state index in [-0.39, 0.29) is 12.0 Å². The fourth-order valence-corrected chi connectivity index (χ4v) is 3.01. The highest BCUT2D eigenvalue weighted by Crippen LogP contribution is 2.27. The fraction of sp³-hybridized carbons (Fsp3) is 0.500. The van der Waals surface area contributed by atoms with Gasteiger partial charge < -0.3 is 10.1 Å². The summed E-state index contributed by atoms with van der Waals surface area (Å²) >= 11 is 0. The van der Waals surface area contributed by atoms with E-state index in [1.54, 1.807) is 11.9 Å². The van der Waals surface area contributed by atoms with E-state index < -0.39 is 17.7 Å². The number of anilines is 2. The third-order valence-electron chi connectivity index (χ3n) is 4.14. The highest BCUT2D eigenvalue weighted by Gasteiger charge is 2.29. The third kappa shape index (κ3) is 4.96. The van der Waals surface area contributed by atoms with E-state index in [0.717, 1.165) is 17.7 Å². The molecule has 1 aromatic carbocycles. The molecule has 0 fully saturated rings. The van der Waals surface area contributed by atoms with Crippen molar-refractivity contribution in [1.29, 1.82) is 0 Å². The summed E-state index contributed by atoms with van der Waals surface area (Å²) in [5.41, 5.74) is 1.22. The molecule has 0 bridgehead atoms. The quantitative estimate of drug-likeness (QED) is 0.815. The second-order valence-corrected chi connectivity index (χ2v) is 7.65. The van der Waals surface area contributed by atoms with Gasteiger partial charge in [-0.15, -0.1) is 5.10 Å². The summed E-state index contributed by atoms with van der Waals surface area (Å²) in [4.78, 5) is 28.0. The van der Waals surface area contributed by atoms with Gasteiger partial charge in [-0.25, -0.2) is 9.59 Å². The first kappa shape index (κ1) is 19.6. The van der Waals surface area contributed by atoms with Gasteiger partial charge in [0, 0.05) is 12.2 Å². The maximum Gasteiger partial charge on any atom is 0.407 e. The molecule has 0 spiro atoms. The number of benzene rings is 1. The molecule has 28 heavy (non-hydrogen) atoms. The van der Waals surface area contributed by atoms with Gasteiger partial charge in [0.15, 0.2) is 0 Å². The molecule has 0 saturated carbocycles. The molecule has 0 radical (unpaired) electrons. The second-order valence-electron chi connectivity index (χ2n) is 7.65. The van der Waals surface area contributed by atoms with E-state index in [2.05, 4.69) is 26.0 Å². The topological polar surface area (TPSA) is 114 Å². The van der Waals surface area contributed by atoms with E-state index in [4.69, 9.17) is 4.74 Å². The summed E-state index contributed by atoms with van der Waals surface area (Å²) in [5.74, 6) is 0.117. The SMILES string of the molecule is Cn1nnc(NC(=O)N2CC(NC(=O)OC(C)(C)C)CCc3ccccc32)n1. The largest absolute Gasteiger partial charge is 0.444 e. The van der Waals surface area contributed by atoms with Crippen LogP contribution in [0.25, 0.3) is 0 Å². The zero-order valence-corrected chi connectivity index (χ0v) is 16.5. The van der Waals surface area contributed by atoms with Gasteiger partial charge in [-0.3, -0.25) is 10.2 Å². The number of nitrogens with zero attached hydrogens (tertiary/aromatic N) is 5. The van der Waals surface area contributed by atoms with Crippen LogP contribution < -0.4 is 15.5 Å². The zero-order chi connectivity index (χ0) is 20.3. The number of amides is 3. The number of aromatic nitrogens is 4. The van der Waals surface area contributed by atoms with Crippen LogP contribution >= 0.6 is 0 Å². The average molecular weight is 387 g/mol. The van der Waals surface area contributed by atoms with E-state index in [1.807, 2.05) is 45.0 Å². The van der Waals surface area contributed by atoms with Crippen LogP contribution in [0.1, 0.15) is 32.8 Å². The van der Waals surface area contributed by atoms with Crippen molar-refractivity contribution in [3.63, 3.8) is 0 Å². The maximum atomic E-state index is 12.9. The minimum Gasteiger partial charge on any atom is -0.444 e. The van der Waals surface area contributed by atoms with Crippen molar-refractivity contribution in [2.24, 2.45) is 7.05 Å². The number of rotatable bonds is 2. The van der Waals surface area contributed by atoms with Crippen LogP contribution in [0.15, 0.2) is 24.3 Å². The van der Waals surface area contributed by atoms with Crippen LogP contribution in [0.3, 0.4) is 0 Å². The molecule has 150 valence electrons. The molecular formula is C18H25N7O3. The fourth-order valence-electron chi connectivity index (χ4n) is 3.01. The molecular weight excluding hydrogens is 362 g/mol. The molecule has 10 nitrogen and oxygen atoms in total.